The van der Waals surface area contributed by atoms with E-state index in [1.54, 1.807) is 4.68 Å². The van der Waals surface area contributed by atoms with Crippen LogP contribution in [0, 0.1) is 0 Å². The first-order valence-electron chi connectivity index (χ1n) is 6.33. The normalized spacial score (nSPS) is 11.0. The first-order chi connectivity index (χ1) is 8.76. The first-order valence-corrected chi connectivity index (χ1v) is 6.33. The van der Waals surface area contributed by atoms with Crippen molar-refractivity contribution in [2.75, 3.05) is 26.3 Å². The fourth-order valence-electron chi connectivity index (χ4n) is 1.45. The predicted octanol–water partition coefficient (Wildman–Crippen LogP) is 1.13. The number of hydrogen-bond donors (Lipinski definition) is 2. The maximum Gasteiger partial charge on any atom is 0.191 e. The Morgan fingerprint density at radius 2 is 2.21 bits per heavy atom. The summed E-state index contributed by atoms with van der Waals surface area (Å²) in [6.07, 6.45) is 3.79. The number of halogens is 1. The molecule has 19 heavy (non-hydrogen) atoms. The molecule has 0 radical (unpaired) electrons. The Morgan fingerprint density at radius 3 is 2.79 bits per heavy atom. The number of nitrogens with one attached hydrogen (secondary N) is 2. The number of nitrogens with zero attached hydrogens (tertiary/aromatic N) is 3. The van der Waals surface area contributed by atoms with E-state index in [0.717, 1.165) is 31.2 Å². The minimum absolute atomic E-state index is 0. The monoisotopic (exact) mass is 381 g/mol. The second kappa shape index (κ2) is 11.0. The molecule has 0 amide bonds. The third kappa shape index (κ3) is 8.04. The van der Waals surface area contributed by atoms with E-state index in [0.29, 0.717) is 13.2 Å². The van der Waals surface area contributed by atoms with Gasteiger partial charge >= 0.3 is 0 Å². The van der Waals surface area contributed by atoms with Gasteiger partial charge in [0.2, 0.25) is 0 Å². The highest BCUT2D eigenvalue weighted by atomic mass is 127. The van der Waals surface area contributed by atoms with Crippen LogP contribution in [0.15, 0.2) is 17.4 Å². The van der Waals surface area contributed by atoms with E-state index in [9.17, 15) is 0 Å². The molecule has 0 atom stereocenters. The summed E-state index contributed by atoms with van der Waals surface area (Å²) in [5.41, 5.74) is 1.10. The maximum absolute atomic E-state index is 5.27. The van der Waals surface area contributed by atoms with Gasteiger partial charge in [-0.25, -0.2) is 4.99 Å². The molecule has 7 heteroatoms. The van der Waals surface area contributed by atoms with Gasteiger partial charge in [-0.3, -0.25) is 4.68 Å². The van der Waals surface area contributed by atoms with Gasteiger partial charge in [0.05, 0.1) is 19.3 Å². The standard InChI is InChI=1S/C12H23N5O.HI/c1-4-13-12(14-6-7-18-5-2)15-8-11-9-16-17(3)10-11;/h9-10H,4-8H2,1-3H3,(H2,13,14,15);1H. The Labute approximate surface area is 132 Å². The molecule has 0 aliphatic heterocycles. The van der Waals surface area contributed by atoms with Gasteiger partial charge in [-0.1, -0.05) is 0 Å². The lowest BCUT2D eigenvalue weighted by molar-refractivity contribution is 0.152. The number of aromatic nitrogens is 2. The summed E-state index contributed by atoms with van der Waals surface area (Å²) in [5.74, 6) is 0.807. The summed E-state index contributed by atoms with van der Waals surface area (Å²) >= 11 is 0. The van der Waals surface area contributed by atoms with E-state index in [1.165, 1.54) is 0 Å². The van der Waals surface area contributed by atoms with Gasteiger partial charge in [-0.05, 0) is 13.8 Å². The van der Waals surface area contributed by atoms with Gasteiger partial charge in [-0.2, -0.15) is 5.10 Å². The van der Waals surface area contributed by atoms with Gasteiger partial charge in [0.1, 0.15) is 0 Å². The summed E-state index contributed by atoms with van der Waals surface area (Å²) in [4.78, 5) is 4.48. The zero-order valence-corrected chi connectivity index (χ0v) is 14.2. The van der Waals surface area contributed by atoms with Crippen molar-refractivity contribution in [1.29, 1.82) is 0 Å². The summed E-state index contributed by atoms with van der Waals surface area (Å²) in [7, 11) is 1.90. The first kappa shape index (κ1) is 18.2. The highest BCUT2D eigenvalue weighted by Crippen LogP contribution is 1.97. The second-order valence-corrected chi connectivity index (χ2v) is 3.84. The van der Waals surface area contributed by atoms with E-state index in [-0.39, 0.29) is 24.0 Å². The van der Waals surface area contributed by atoms with Crippen molar-refractivity contribution in [1.82, 2.24) is 20.4 Å². The lowest BCUT2D eigenvalue weighted by Crippen LogP contribution is -2.38. The van der Waals surface area contributed by atoms with Crippen LogP contribution in [0.2, 0.25) is 0 Å². The highest BCUT2D eigenvalue weighted by molar-refractivity contribution is 14.0. The van der Waals surface area contributed by atoms with Crippen molar-refractivity contribution in [3.05, 3.63) is 18.0 Å². The molecule has 1 aromatic rings. The second-order valence-electron chi connectivity index (χ2n) is 3.84. The van der Waals surface area contributed by atoms with E-state index in [2.05, 4.69) is 20.7 Å². The molecule has 6 nitrogen and oxygen atoms in total. The number of ether oxygens (including phenoxy) is 1. The quantitative estimate of drug-likeness (QED) is 0.322. The Bertz CT molecular complexity index is 367. The minimum atomic E-state index is 0. The summed E-state index contributed by atoms with van der Waals surface area (Å²) in [6.45, 7) is 7.68. The minimum Gasteiger partial charge on any atom is -0.380 e. The molecule has 0 aliphatic carbocycles. The van der Waals surface area contributed by atoms with Crippen LogP contribution in [0.1, 0.15) is 19.4 Å². The van der Waals surface area contributed by atoms with Gasteiger partial charge in [0, 0.05) is 38.5 Å². The smallest absolute Gasteiger partial charge is 0.191 e. The molecular weight excluding hydrogens is 357 g/mol. The van der Waals surface area contributed by atoms with E-state index >= 15 is 0 Å². The van der Waals surface area contributed by atoms with Crippen LogP contribution in [0.25, 0.3) is 0 Å². The van der Waals surface area contributed by atoms with Crippen molar-refractivity contribution in [3.63, 3.8) is 0 Å². The van der Waals surface area contributed by atoms with Crippen LogP contribution in [-0.2, 0) is 18.3 Å². The Morgan fingerprint density at radius 1 is 1.42 bits per heavy atom. The highest BCUT2D eigenvalue weighted by Gasteiger charge is 1.98. The molecule has 0 aliphatic rings. The molecule has 0 aromatic carbocycles. The van der Waals surface area contributed by atoms with Crippen molar-refractivity contribution in [3.8, 4) is 0 Å². The van der Waals surface area contributed by atoms with Crippen LogP contribution < -0.4 is 10.6 Å². The number of hydrogen-bond acceptors (Lipinski definition) is 3. The van der Waals surface area contributed by atoms with Crippen LogP contribution in [0.5, 0.6) is 0 Å². The predicted molar refractivity (Wildman–Crippen MR) is 87.9 cm³/mol. The zero-order valence-electron chi connectivity index (χ0n) is 11.8. The lowest BCUT2D eigenvalue weighted by atomic mass is 10.4. The fraction of sp³-hybridized carbons (Fsp3) is 0.667. The van der Waals surface area contributed by atoms with Gasteiger partial charge in [-0.15, -0.1) is 24.0 Å². The SMILES string of the molecule is CCNC(=NCc1cnn(C)c1)NCCOCC.I. The van der Waals surface area contributed by atoms with Gasteiger partial charge < -0.3 is 15.4 Å². The molecule has 0 saturated carbocycles. The number of guanidine groups is 1. The number of aliphatic imine (C=N–C) groups is 1. The van der Waals surface area contributed by atoms with Gasteiger partial charge in [0.15, 0.2) is 5.96 Å². The molecular formula is C12H24IN5O. The average molecular weight is 381 g/mol. The number of rotatable bonds is 7. The molecule has 1 rings (SSSR count). The molecule has 0 spiro atoms. The van der Waals surface area contributed by atoms with Crippen LogP contribution in [0.3, 0.4) is 0 Å². The van der Waals surface area contributed by atoms with Gasteiger partial charge in [0.25, 0.3) is 0 Å². The third-order valence-corrected chi connectivity index (χ3v) is 2.27. The molecule has 0 fully saturated rings. The fourth-order valence-corrected chi connectivity index (χ4v) is 1.45. The topological polar surface area (TPSA) is 63.5 Å². The number of aryl methyl sites for hydroxylation is 1. The Kier molecular flexibility index (Phi) is 10.6. The lowest BCUT2D eigenvalue weighted by Gasteiger charge is -2.10. The van der Waals surface area contributed by atoms with E-state index in [1.807, 2.05) is 33.3 Å². The molecule has 0 bridgehead atoms. The zero-order chi connectivity index (χ0) is 13.2. The van der Waals surface area contributed by atoms with Crippen molar-refractivity contribution < 1.29 is 4.74 Å². The molecule has 1 heterocycles. The summed E-state index contributed by atoms with van der Waals surface area (Å²) in [6, 6.07) is 0. The van der Waals surface area contributed by atoms with E-state index in [4.69, 9.17) is 4.74 Å². The maximum atomic E-state index is 5.27. The van der Waals surface area contributed by atoms with Crippen molar-refractivity contribution in [2.24, 2.45) is 12.0 Å². The third-order valence-electron chi connectivity index (χ3n) is 2.27. The summed E-state index contributed by atoms with van der Waals surface area (Å²) < 4.78 is 7.05. The van der Waals surface area contributed by atoms with Crippen molar-refractivity contribution >= 4 is 29.9 Å². The van der Waals surface area contributed by atoms with Crippen LogP contribution >= 0.6 is 24.0 Å². The molecule has 110 valence electrons. The van der Waals surface area contributed by atoms with E-state index < -0.39 is 0 Å². The average Bonchev–Trinajstić information content (AvgIpc) is 2.77. The molecule has 1 aromatic heterocycles. The van der Waals surface area contributed by atoms with Crippen molar-refractivity contribution in [2.45, 2.75) is 20.4 Å². The Balaban J connectivity index is 0.00000324. The molecule has 0 unspecified atom stereocenters. The van der Waals surface area contributed by atoms with Crippen LogP contribution in [-0.4, -0.2) is 42.0 Å². The molecule has 2 N–H and O–H groups in total. The largest absolute Gasteiger partial charge is 0.380 e. The summed E-state index contributed by atoms with van der Waals surface area (Å²) in [5, 5.41) is 10.5. The Hall–Kier alpha value is -0.830. The van der Waals surface area contributed by atoms with Crippen LogP contribution in [0.4, 0.5) is 0 Å². The molecule has 0 saturated heterocycles.